The van der Waals surface area contributed by atoms with E-state index in [0.29, 0.717) is 17.9 Å². The summed E-state index contributed by atoms with van der Waals surface area (Å²) in [5, 5.41) is 2.62. The molecule has 1 aromatic carbocycles. The number of nitrogens with one attached hydrogen (secondary N) is 3. The van der Waals surface area contributed by atoms with Crippen LogP contribution in [0.1, 0.15) is 30.1 Å². The van der Waals surface area contributed by atoms with E-state index >= 15 is 0 Å². The molecule has 0 saturated heterocycles. The zero-order valence-corrected chi connectivity index (χ0v) is 11.2. The van der Waals surface area contributed by atoms with Crippen LogP contribution in [0.25, 0.3) is 0 Å². The van der Waals surface area contributed by atoms with Gasteiger partial charge in [-0.15, -0.1) is 0 Å². The Morgan fingerprint density at radius 1 is 1.16 bits per heavy atom. The number of hydrogen-bond donors (Lipinski definition) is 3. The molecule has 6 nitrogen and oxygen atoms in total. The first-order valence-corrected chi connectivity index (χ1v) is 6.15. The second kappa shape index (κ2) is 7.97. The normalized spacial score (nSPS) is 9.58. The third-order valence-corrected chi connectivity index (χ3v) is 2.46. The average molecular weight is 265 g/mol. The van der Waals surface area contributed by atoms with Crippen LogP contribution >= 0.6 is 0 Å². The maximum absolute atomic E-state index is 11.7. The summed E-state index contributed by atoms with van der Waals surface area (Å²) in [6.45, 7) is 2.62. The van der Waals surface area contributed by atoms with Crippen molar-refractivity contribution >= 4 is 11.9 Å². The molecule has 0 saturated carbocycles. The predicted octanol–water partition coefficient (Wildman–Crippen LogP) is 1.44. The van der Waals surface area contributed by atoms with E-state index in [1.54, 1.807) is 31.4 Å². The van der Waals surface area contributed by atoms with Gasteiger partial charge in [-0.05, 0) is 30.7 Å². The molecule has 19 heavy (non-hydrogen) atoms. The van der Waals surface area contributed by atoms with Gasteiger partial charge in [0.15, 0.2) is 0 Å². The van der Waals surface area contributed by atoms with Crippen molar-refractivity contribution in [3.63, 3.8) is 0 Å². The third kappa shape index (κ3) is 5.29. The first-order valence-electron chi connectivity index (χ1n) is 6.15. The second-order valence-corrected chi connectivity index (χ2v) is 3.92. The van der Waals surface area contributed by atoms with E-state index < -0.39 is 6.03 Å². The van der Waals surface area contributed by atoms with Gasteiger partial charge in [0.2, 0.25) is 0 Å². The molecule has 1 rings (SSSR count). The van der Waals surface area contributed by atoms with Gasteiger partial charge in [-0.1, -0.05) is 13.3 Å². The second-order valence-electron chi connectivity index (χ2n) is 3.92. The molecule has 104 valence electrons. The van der Waals surface area contributed by atoms with Crippen molar-refractivity contribution in [3.05, 3.63) is 29.8 Å². The van der Waals surface area contributed by atoms with Gasteiger partial charge < -0.3 is 10.1 Å². The summed E-state index contributed by atoms with van der Waals surface area (Å²) in [5.74, 6) is 0.287. The molecule has 0 radical (unpaired) electrons. The zero-order chi connectivity index (χ0) is 14.1. The van der Waals surface area contributed by atoms with Crippen LogP contribution in [-0.2, 0) is 0 Å². The molecule has 1 aromatic rings. The maximum atomic E-state index is 11.7. The largest absolute Gasteiger partial charge is 0.497 e. The SMILES string of the molecule is CCCCNC(=O)NNC(=O)c1ccc(OC)cc1. The lowest BCUT2D eigenvalue weighted by Gasteiger charge is -2.08. The van der Waals surface area contributed by atoms with Gasteiger partial charge in [-0.3, -0.25) is 10.2 Å². The summed E-state index contributed by atoms with van der Waals surface area (Å²) in [5.41, 5.74) is 5.05. The molecule has 0 aliphatic heterocycles. The summed E-state index contributed by atoms with van der Waals surface area (Å²) < 4.78 is 4.99. The van der Waals surface area contributed by atoms with Crippen molar-refractivity contribution < 1.29 is 14.3 Å². The highest BCUT2D eigenvalue weighted by molar-refractivity contribution is 5.95. The molecule has 0 fully saturated rings. The number of unbranched alkanes of at least 4 members (excludes halogenated alkanes) is 1. The fourth-order valence-corrected chi connectivity index (χ4v) is 1.35. The Kier molecular flexibility index (Phi) is 6.21. The Morgan fingerprint density at radius 3 is 2.42 bits per heavy atom. The molecule has 0 unspecified atom stereocenters. The molecule has 0 heterocycles. The highest BCUT2D eigenvalue weighted by Crippen LogP contribution is 2.10. The van der Waals surface area contributed by atoms with Gasteiger partial charge in [-0.2, -0.15) is 0 Å². The molecule has 0 spiro atoms. The summed E-state index contributed by atoms with van der Waals surface area (Å²) in [6.07, 6.45) is 1.90. The van der Waals surface area contributed by atoms with Crippen molar-refractivity contribution in [2.24, 2.45) is 0 Å². The van der Waals surface area contributed by atoms with Gasteiger partial charge >= 0.3 is 6.03 Å². The summed E-state index contributed by atoms with van der Waals surface area (Å²) in [7, 11) is 1.55. The van der Waals surface area contributed by atoms with Gasteiger partial charge in [0.25, 0.3) is 5.91 Å². The van der Waals surface area contributed by atoms with Crippen LogP contribution < -0.4 is 20.9 Å². The molecule has 0 atom stereocenters. The van der Waals surface area contributed by atoms with E-state index in [4.69, 9.17) is 4.74 Å². The average Bonchev–Trinajstić information content (AvgIpc) is 2.45. The lowest BCUT2D eigenvalue weighted by atomic mass is 10.2. The monoisotopic (exact) mass is 265 g/mol. The first-order chi connectivity index (χ1) is 9.17. The van der Waals surface area contributed by atoms with Crippen LogP contribution in [0.4, 0.5) is 4.79 Å². The Bertz CT molecular complexity index is 418. The number of urea groups is 1. The van der Waals surface area contributed by atoms with Gasteiger partial charge in [0.05, 0.1) is 7.11 Å². The molecule has 0 bridgehead atoms. The Morgan fingerprint density at radius 2 is 1.84 bits per heavy atom. The molecular weight excluding hydrogens is 246 g/mol. The van der Waals surface area contributed by atoms with Gasteiger partial charge in [0, 0.05) is 12.1 Å². The molecule has 3 amide bonds. The number of carbonyl (C=O) groups is 2. The van der Waals surface area contributed by atoms with Crippen LogP contribution in [0.3, 0.4) is 0 Å². The number of hydrogen-bond acceptors (Lipinski definition) is 3. The summed E-state index contributed by atoms with van der Waals surface area (Å²) >= 11 is 0. The zero-order valence-electron chi connectivity index (χ0n) is 11.2. The van der Waals surface area contributed by atoms with Crippen LogP contribution in [0.2, 0.25) is 0 Å². The van der Waals surface area contributed by atoms with Crippen molar-refractivity contribution in [1.29, 1.82) is 0 Å². The minimum atomic E-state index is -0.421. The number of amides is 3. The number of rotatable bonds is 5. The topological polar surface area (TPSA) is 79.5 Å². The van der Waals surface area contributed by atoms with Crippen molar-refractivity contribution in [3.8, 4) is 5.75 Å². The van der Waals surface area contributed by atoms with Gasteiger partial charge in [-0.25, -0.2) is 10.2 Å². The fourth-order valence-electron chi connectivity index (χ4n) is 1.35. The molecule has 6 heteroatoms. The quantitative estimate of drug-likeness (QED) is 0.556. The fraction of sp³-hybridized carbons (Fsp3) is 0.385. The minimum Gasteiger partial charge on any atom is -0.497 e. The molecule has 0 aliphatic rings. The number of ether oxygens (including phenoxy) is 1. The Labute approximate surface area is 112 Å². The van der Waals surface area contributed by atoms with E-state index in [0.717, 1.165) is 12.8 Å². The van der Waals surface area contributed by atoms with Crippen LogP contribution in [-0.4, -0.2) is 25.6 Å². The van der Waals surface area contributed by atoms with Gasteiger partial charge in [0.1, 0.15) is 5.75 Å². The Balaban J connectivity index is 2.35. The molecule has 0 aromatic heterocycles. The molecule has 3 N–H and O–H groups in total. The van der Waals surface area contributed by atoms with Crippen molar-refractivity contribution in [1.82, 2.24) is 16.2 Å². The van der Waals surface area contributed by atoms with E-state index in [-0.39, 0.29) is 5.91 Å². The van der Waals surface area contributed by atoms with Crippen LogP contribution in [0.15, 0.2) is 24.3 Å². The van der Waals surface area contributed by atoms with Crippen molar-refractivity contribution in [2.75, 3.05) is 13.7 Å². The van der Waals surface area contributed by atoms with Crippen LogP contribution in [0.5, 0.6) is 5.75 Å². The number of hydrazine groups is 1. The Hall–Kier alpha value is -2.24. The lowest BCUT2D eigenvalue weighted by molar-refractivity contribution is 0.0936. The van der Waals surface area contributed by atoms with E-state index in [2.05, 4.69) is 16.2 Å². The van der Waals surface area contributed by atoms with Crippen molar-refractivity contribution in [2.45, 2.75) is 19.8 Å². The molecule has 0 aliphatic carbocycles. The highest BCUT2D eigenvalue weighted by Gasteiger charge is 2.06. The van der Waals surface area contributed by atoms with E-state index in [9.17, 15) is 9.59 Å². The standard InChI is InChI=1S/C13H19N3O3/c1-3-4-9-14-13(18)16-15-12(17)10-5-7-11(19-2)8-6-10/h5-8H,3-4,9H2,1-2H3,(H,15,17)(H2,14,16,18). The number of methoxy groups -OCH3 is 1. The number of carbonyl (C=O) groups excluding carboxylic acids is 2. The summed E-state index contributed by atoms with van der Waals surface area (Å²) in [4.78, 5) is 23.0. The lowest BCUT2D eigenvalue weighted by Crippen LogP contribution is -2.47. The van der Waals surface area contributed by atoms with E-state index in [1.807, 2.05) is 6.92 Å². The third-order valence-electron chi connectivity index (χ3n) is 2.46. The first kappa shape index (κ1) is 14.8. The maximum Gasteiger partial charge on any atom is 0.333 e. The highest BCUT2D eigenvalue weighted by atomic mass is 16.5. The van der Waals surface area contributed by atoms with Crippen LogP contribution in [0, 0.1) is 0 Å². The van der Waals surface area contributed by atoms with E-state index in [1.165, 1.54) is 0 Å². The predicted molar refractivity (Wildman–Crippen MR) is 71.9 cm³/mol. The smallest absolute Gasteiger partial charge is 0.333 e. The summed E-state index contributed by atoms with van der Waals surface area (Å²) in [6, 6.07) is 6.16. The molecular formula is C13H19N3O3. The minimum absolute atomic E-state index is 0.381. The number of benzene rings is 1.